The van der Waals surface area contributed by atoms with Crippen LogP contribution < -0.4 is 18.9 Å². The van der Waals surface area contributed by atoms with Crippen molar-refractivity contribution in [2.75, 3.05) is 28.4 Å². The third-order valence-corrected chi connectivity index (χ3v) is 4.32. The van der Waals surface area contributed by atoms with Gasteiger partial charge in [0.05, 0.1) is 28.4 Å². The van der Waals surface area contributed by atoms with E-state index in [4.69, 9.17) is 29.2 Å². The maximum atomic E-state index is 10.5. The molecule has 0 aliphatic rings. The van der Waals surface area contributed by atoms with E-state index < -0.39 is 24.1 Å². The Morgan fingerprint density at radius 3 is 1.22 bits per heavy atom. The van der Waals surface area contributed by atoms with Gasteiger partial charge < -0.3 is 39.4 Å². The number of aliphatic hydroxyl groups excluding tert-OH is 2. The van der Waals surface area contributed by atoms with Gasteiger partial charge >= 0.3 is 11.9 Å². The first kappa shape index (κ1) is 26.5. The molecule has 0 fully saturated rings. The molecule has 2 unspecified atom stereocenters. The minimum atomic E-state index is -1.40. The number of aliphatic hydroxyl groups is 2. The van der Waals surface area contributed by atoms with E-state index in [1.165, 1.54) is 28.4 Å². The van der Waals surface area contributed by atoms with Crippen LogP contribution in [0, 0.1) is 0 Å². The highest BCUT2D eigenvalue weighted by atomic mass is 16.5. The molecule has 10 heteroatoms. The molecule has 10 nitrogen and oxygen atoms in total. The van der Waals surface area contributed by atoms with Gasteiger partial charge in [-0.2, -0.15) is 0 Å². The summed E-state index contributed by atoms with van der Waals surface area (Å²) in [5.74, 6) is -0.327. The van der Waals surface area contributed by atoms with E-state index >= 15 is 0 Å². The Morgan fingerprint density at radius 2 is 0.969 bits per heavy atom. The Labute approximate surface area is 185 Å². The minimum absolute atomic E-state index is 0.0374. The highest BCUT2D eigenvalue weighted by Gasteiger charge is 2.16. The average molecular weight is 452 g/mol. The van der Waals surface area contributed by atoms with Gasteiger partial charge in [-0.1, -0.05) is 12.1 Å². The summed E-state index contributed by atoms with van der Waals surface area (Å²) >= 11 is 0. The molecule has 2 atom stereocenters. The monoisotopic (exact) mass is 452 g/mol. The smallest absolute Gasteiger partial charge is 0.332 e. The average Bonchev–Trinajstić information content (AvgIpc) is 2.78. The molecule has 0 heterocycles. The van der Waals surface area contributed by atoms with Crippen LogP contribution in [0.3, 0.4) is 0 Å². The third kappa shape index (κ3) is 7.97. The first-order chi connectivity index (χ1) is 15.2. The number of benzene rings is 2. The van der Waals surface area contributed by atoms with Gasteiger partial charge in [-0.3, -0.25) is 0 Å². The zero-order valence-corrected chi connectivity index (χ0v) is 18.3. The van der Waals surface area contributed by atoms with Crippen LogP contribution in [0.25, 0.3) is 0 Å². The lowest BCUT2D eigenvalue weighted by atomic mass is 10.1. The SMILES string of the molecule is COc1ccc(CC(O)C(=O)O)cc1OC.COc1ccc(CC(O)C(=O)O)cc1OC. The molecular weight excluding hydrogens is 424 g/mol. The number of methoxy groups -OCH3 is 4. The predicted octanol–water partition coefficient (Wildman–Crippen LogP) is 1.38. The first-order valence-electron chi connectivity index (χ1n) is 9.40. The molecule has 0 saturated carbocycles. The molecule has 0 aromatic heterocycles. The molecule has 32 heavy (non-hydrogen) atoms. The van der Waals surface area contributed by atoms with Crippen molar-refractivity contribution in [3.05, 3.63) is 47.5 Å². The lowest BCUT2D eigenvalue weighted by molar-refractivity contribution is -0.147. The van der Waals surface area contributed by atoms with E-state index in [2.05, 4.69) is 0 Å². The maximum Gasteiger partial charge on any atom is 0.332 e. The van der Waals surface area contributed by atoms with Gasteiger partial charge in [0.15, 0.2) is 35.2 Å². The summed E-state index contributed by atoms with van der Waals surface area (Å²) in [6.07, 6.45) is -2.73. The highest BCUT2D eigenvalue weighted by molar-refractivity contribution is 5.72. The zero-order valence-electron chi connectivity index (χ0n) is 18.3. The van der Waals surface area contributed by atoms with Gasteiger partial charge in [-0.25, -0.2) is 9.59 Å². The molecule has 2 aromatic rings. The van der Waals surface area contributed by atoms with Crippen LogP contribution in [0.5, 0.6) is 23.0 Å². The summed E-state index contributed by atoms with van der Waals surface area (Å²) in [5.41, 5.74) is 1.35. The van der Waals surface area contributed by atoms with Crippen molar-refractivity contribution in [1.82, 2.24) is 0 Å². The molecular formula is C22H28O10. The Balaban J connectivity index is 0.000000320. The summed E-state index contributed by atoms with van der Waals surface area (Å²) in [7, 11) is 6.03. The van der Waals surface area contributed by atoms with Crippen LogP contribution in [0.4, 0.5) is 0 Å². The molecule has 0 aliphatic carbocycles. The fraction of sp³-hybridized carbons (Fsp3) is 0.364. The number of carboxylic acid groups (broad SMARTS) is 2. The number of rotatable bonds is 10. The lowest BCUT2D eigenvalue weighted by Gasteiger charge is -2.10. The highest BCUT2D eigenvalue weighted by Crippen LogP contribution is 2.28. The zero-order chi connectivity index (χ0) is 24.3. The van der Waals surface area contributed by atoms with Crippen LogP contribution in [-0.2, 0) is 22.4 Å². The van der Waals surface area contributed by atoms with Gasteiger partial charge in [-0.15, -0.1) is 0 Å². The molecule has 0 amide bonds. The molecule has 4 N–H and O–H groups in total. The number of carbonyl (C=O) groups is 2. The van der Waals surface area contributed by atoms with E-state index in [1.807, 2.05) is 0 Å². The summed E-state index contributed by atoms with van der Waals surface area (Å²) in [6, 6.07) is 10.0. The summed E-state index contributed by atoms with van der Waals surface area (Å²) in [6.45, 7) is 0. The van der Waals surface area contributed by atoms with Gasteiger partial charge in [-0.05, 0) is 35.4 Å². The second-order valence-corrected chi connectivity index (χ2v) is 6.49. The van der Waals surface area contributed by atoms with Crippen molar-refractivity contribution < 1.29 is 49.0 Å². The maximum absolute atomic E-state index is 10.5. The molecule has 0 radical (unpaired) electrons. The second kappa shape index (κ2) is 13.0. The van der Waals surface area contributed by atoms with Gasteiger partial charge in [0.2, 0.25) is 0 Å². The van der Waals surface area contributed by atoms with Crippen LogP contribution >= 0.6 is 0 Å². The van der Waals surface area contributed by atoms with Crippen molar-refractivity contribution in [2.45, 2.75) is 25.0 Å². The Hall–Kier alpha value is -3.50. The van der Waals surface area contributed by atoms with Crippen LogP contribution in [0.2, 0.25) is 0 Å². The first-order valence-corrected chi connectivity index (χ1v) is 9.40. The Bertz CT molecular complexity index is 823. The van der Waals surface area contributed by atoms with Crippen molar-refractivity contribution in [3.63, 3.8) is 0 Å². The fourth-order valence-corrected chi connectivity index (χ4v) is 2.64. The second-order valence-electron chi connectivity index (χ2n) is 6.49. The van der Waals surface area contributed by atoms with Gasteiger partial charge in [0, 0.05) is 12.8 Å². The summed E-state index contributed by atoms with van der Waals surface area (Å²) in [5, 5.41) is 35.5. The van der Waals surface area contributed by atoms with Crippen molar-refractivity contribution in [2.24, 2.45) is 0 Å². The topological polar surface area (TPSA) is 152 Å². The molecule has 2 rings (SSSR count). The van der Waals surface area contributed by atoms with E-state index in [0.29, 0.717) is 34.1 Å². The van der Waals surface area contributed by atoms with Crippen molar-refractivity contribution in [1.29, 1.82) is 0 Å². The molecule has 0 bridgehead atoms. The van der Waals surface area contributed by atoms with Crippen LogP contribution in [0.1, 0.15) is 11.1 Å². The fourth-order valence-electron chi connectivity index (χ4n) is 2.64. The normalized spacial score (nSPS) is 11.9. The Kier molecular flexibility index (Phi) is 10.8. The van der Waals surface area contributed by atoms with E-state index in [1.54, 1.807) is 36.4 Å². The largest absolute Gasteiger partial charge is 0.493 e. The van der Waals surface area contributed by atoms with Crippen LogP contribution in [-0.4, -0.2) is 73.0 Å². The van der Waals surface area contributed by atoms with E-state index in [-0.39, 0.29) is 12.8 Å². The molecule has 0 aliphatic heterocycles. The molecule has 2 aromatic carbocycles. The standard InChI is InChI=1S/2C11H14O5/c2*1-15-9-4-3-7(6-10(9)16-2)5-8(12)11(13)14/h2*3-4,6,8,12H,5H2,1-2H3,(H,13,14). The molecule has 0 spiro atoms. The Morgan fingerprint density at radius 1 is 0.656 bits per heavy atom. The van der Waals surface area contributed by atoms with Crippen LogP contribution in [0.15, 0.2) is 36.4 Å². The molecule has 176 valence electrons. The quantitative estimate of drug-likeness (QED) is 0.416. The minimum Gasteiger partial charge on any atom is -0.493 e. The van der Waals surface area contributed by atoms with Crippen molar-refractivity contribution >= 4 is 11.9 Å². The number of aliphatic carboxylic acids is 2. The predicted molar refractivity (Wildman–Crippen MR) is 114 cm³/mol. The molecule has 0 saturated heterocycles. The summed E-state index contributed by atoms with van der Waals surface area (Å²) < 4.78 is 20.2. The van der Waals surface area contributed by atoms with E-state index in [9.17, 15) is 19.8 Å². The summed E-state index contributed by atoms with van der Waals surface area (Å²) in [4.78, 5) is 21.0. The van der Waals surface area contributed by atoms with Gasteiger partial charge in [0.1, 0.15) is 0 Å². The van der Waals surface area contributed by atoms with Gasteiger partial charge in [0.25, 0.3) is 0 Å². The third-order valence-electron chi connectivity index (χ3n) is 4.32. The number of hydrogen-bond acceptors (Lipinski definition) is 8. The van der Waals surface area contributed by atoms with E-state index in [0.717, 1.165) is 0 Å². The van der Waals surface area contributed by atoms with Crippen molar-refractivity contribution in [3.8, 4) is 23.0 Å². The number of carboxylic acids is 2. The lowest BCUT2D eigenvalue weighted by Crippen LogP contribution is -2.21. The number of hydrogen-bond donors (Lipinski definition) is 4. The number of ether oxygens (including phenoxy) is 4.